The van der Waals surface area contributed by atoms with Crippen molar-refractivity contribution < 1.29 is 26.9 Å². The second-order valence-electron chi connectivity index (χ2n) is 6.57. The highest BCUT2D eigenvalue weighted by atomic mass is 32.2. The molecule has 0 aromatic heterocycles. The number of nitrogens with zero attached hydrogens (tertiary/aromatic N) is 1. The number of amides is 1. The Morgan fingerprint density at radius 2 is 1.92 bits per heavy atom. The number of thioether (sulfide) groups is 1. The third-order valence-corrected chi connectivity index (χ3v) is 6.22. The number of fused-ring (bicyclic) bond motifs is 1. The van der Waals surface area contributed by atoms with Crippen LogP contribution in [0, 0.1) is 0 Å². The summed E-state index contributed by atoms with van der Waals surface area (Å²) in [5.41, 5.74) is 0.851. The Morgan fingerprint density at radius 3 is 2.52 bits per heavy atom. The van der Waals surface area contributed by atoms with Gasteiger partial charge >= 0.3 is 5.97 Å². The van der Waals surface area contributed by atoms with E-state index in [1.165, 1.54) is 16.7 Å². The fourth-order valence-corrected chi connectivity index (χ4v) is 5.27. The molecule has 136 valence electrons. The SMILES string of the molecule is CC1(C)S[C@@H]2[C@H](OS(C)(=O)=O)C(=O)N2[C@H]1C(=O)OCc1ccccc1. The topological polar surface area (TPSA) is 90.0 Å². The van der Waals surface area contributed by atoms with E-state index in [4.69, 9.17) is 8.92 Å². The fraction of sp³-hybridized carbons (Fsp3) is 0.500. The van der Waals surface area contributed by atoms with Gasteiger partial charge < -0.3 is 9.64 Å². The van der Waals surface area contributed by atoms with E-state index in [1.807, 2.05) is 44.2 Å². The van der Waals surface area contributed by atoms with Crippen molar-refractivity contribution in [3.63, 3.8) is 0 Å². The summed E-state index contributed by atoms with van der Waals surface area (Å²) in [6.45, 7) is 3.78. The number of β-lactam (4-membered cyclic amide) rings is 1. The van der Waals surface area contributed by atoms with Crippen LogP contribution in [-0.2, 0) is 35.2 Å². The van der Waals surface area contributed by atoms with Crippen molar-refractivity contribution in [2.24, 2.45) is 0 Å². The van der Waals surface area contributed by atoms with Gasteiger partial charge in [0, 0.05) is 4.75 Å². The van der Waals surface area contributed by atoms with E-state index in [-0.39, 0.29) is 6.61 Å². The number of benzene rings is 1. The standard InChI is InChI=1S/C16H19NO6S2/c1-16(2)12(15(19)22-9-10-7-5-4-6-8-10)17-13(18)11(14(17)24-16)23-25(3,20)21/h4-8,11-12,14H,9H2,1-3H3/t11-,12+,14-/m1/s1. The van der Waals surface area contributed by atoms with Gasteiger partial charge in [-0.2, -0.15) is 8.42 Å². The van der Waals surface area contributed by atoms with Gasteiger partial charge in [0.25, 0.3) is 16.0 Å². The minimum Gasteiger partial charge on any atom is -0.459 e. The Morgan fingerprint density at radius 1 is 1.28 bits per heavy atom. The van der Waals surface area contributed by atoms with Crippen molar-refractivity contribution in [2.75, 3.05) is 6.26 Å². The molecule has 1 aromatic carbocycles. The maximum absolute atomic E-state index is 12.6. The number of ether oxygens (including phenoxy) is 1. The van der Waals surface area contributed by atoms with Crippen LogP contribution in [0.5, 0.6) is 0 Å². The van der Waals surface area contributed by atoms with Crippen LogP contribution in [0.2, 0.25) is 0 Å². The molecule has 0 aliphatic carbocycles. The Hall–Kier alpha value is -1.58. The normalized spacial score (nSPS) is 27.6. The largest absolute Gasteiger partial charge is 0.459 e. The van der Waals surface area contributed by atoms with Gasteiger partial charge in [0.1, 0.15) is 18.0 Å². The molecule has 0 spiro atoms. The monoisotopic (exact) mass is 385 g/mol. The number of rotatable bonds is 5. The van der Waals surface area contributed by atoms with Gasteiger partial charge in [-0.05, 0) is 19.4 Å². The lowest BCUT2D eigenvalue weighted by Gasteiger charge is -2.42. The lowest BCUT2D eigenvalue weighted by molar-refractivity contribution is -0.170. The van der Waals surface area contributed by atoms with Crippen molar-refractivity contribution in [3.8, 4) is 0 Å². The first-order valence-electron chi connectivity index (χ1n) is 7.69. The number of hydrogen-bond donors (Lipinski definition) is 0. The van der Waals surface area contributed by atoms with Crippen LogP contribution < -0.4 is 0 Å². The number of hydrogen-bond acceptors (Lipinski definition) is 7. The van der Waals surface area contributed by atoms with E-state index in [9.17, 15) is 18.0 Å². The van der Waals surface area contributed by atoms with Gasteiger partial charge in [-0.15, -0.1) is 11.8 Å². The highest BCUT2D eigenvalue weighted by Gasteiger charge is 2.65. The van der Waals surface area contributed by atoms with Crippen LogP contribution in [0.25, 0.3) is 0 Å². The van der Waals surface area contributed by atoms with Gasteiger partial charge in [0.2, 0.25) is 0 Å². The van der Waals surface area contributed by atoms with Crippen LogP contribution in [-0.4, -0.2) is 53.7 Å². The van der Waals surface area contributed by atoms with Gasteiger partial charge in [0.15, 0.2) is 6.10 Å². The van der Waals surface area contributed by atoms with Crippen molar-refractivity contribution >= 4 is 33.8 Å². The lowest BCUT2D eigenvalue weighted by atomic mass is 9.97. The molecule has 2 aliphatic heterocycles. The smallest absolute Gasteiger partial charge is 0.330 e. The molecule has 2 fully saturated rings. The van der Waals surface area contributed by atoms with E-state index in [2.05, 4.69) is 0 Å². The molecule has 25 heavy (non-hydrogen) atoms. The van der Waals surface area contributed by atoms with Gasteiger partial charge in [-0.1, -0.05) is 30.3 Å². The molecule has 3 rings (SSSR count). The van der Waals surface area contributed by atoms with E-state index >= 15 is 0 Å². The number of carbonyl (C=O) groups excluding carboxylic acids is 2. The van der Waals surface area contributed by atoms with Crippen LogP contribution in [0.3, 0.4) is 0 Å². The average Bonchev–Trinajstić information content (AvgIpc) is 2.79. The summed E-state index contributed by atoms with van der Waals surface area (Å²) in [5.74, 6) is -1.01. The predicted octanol–water partition coefficient (Wildman–Crippen LogP) is 1.14. The van der Waals surface area contributed by atoms with E-state index < -0.39 is 44.3 Å². The average molecular weight is 385 g/mol. The Bertz CT molecular complexity index is 792. The van der Waals surface area contributed by atoms with Crippen molar-refractivity contribution in [2.45, 2.75) is 42.7 Å². The summed E-state index contributed by atoms with van der Waals surface area (Å²) in [5, 5.41) is -0.508. The maximum atomic E-state index is 12.6. The molecule has 2 heterocycles. The minimum absolute atomic E-state index is 0.118. The van der Waals surface area contributed by atoms with E-state index in [1.54, 1.807) is 0 Å². The van der Waals surface area contributed by atoms with Crippen molar-refractivity contribution in [1.82, 2.24) is 4.90 Å². The molecule has 0 unspecified atom stereocenters. The zero-order valence-electron chi connectivity index (χ0n) is 14.0. The zero-order chi connectivity index (χ0) is 18.4. The van der Waals surface area contributed by atoms with Gasteiger partial charge in [0.05, 0.1) is 6.26 Å². The van der Waals surface area contributed by atoms with Gasteiger partial charge in [-0.3, -0.25) is 8.98 Å². The molecule has 7 nitrogen and oxygen atoms in total. The third kappa shape index (κ3) is 3.54. The van der Waals surface area contributed by atoms with Gasteiger partial charge in [-0.25, -0.2) is 4.79 Å². The molecular formula is C16H19NO6S2. The second kappa shape index (κ2) is 6.30. The molecule has 0 radical (unpaired) electrons. The Balaban J connectivity index is 1.71. The highest BCUT2D eigenvalue weighted by molar-refractivity contribution is 8.01. The van der Waals surface area contributed by atoms with Crippen LogP contribution in [0.15, 0.2) is 30.3 Å². The van der Waals surface area contributed by atoms with E-state index in [0.29, 0.717) is 0 Å². The van der Waals surface area contributed by atoms with Crippen LogP contribution in [0.4, 0.5) is 0 Å². The molecular weight excluding hydrogens is 366 g/mol. The van der Waals surface area contributed by atoms with Crippen LogP contribution >= 0.6 is 11.8 Å². The number of esters is 1. The second-order valence-corrected chi connectivity index (χ2v) is 9.95. The molecule has 9 heteroatoms. The Kier molecular flexibility index (Phi) is 4.59. The summed E-state index contributed by atoms with van der Waals surface area (Å²) >= 11 is 1.34. The summed E-state index contributed by atoms with van der Waals surface area (Å²) in [6, 6.07) is 8.47. The molecule has 0 bridgehead atoms. The zero-order valence-corrected chi connectivity index (χ0v) is 15.7. The van der Waals surface area contributed by atoms with E-state index in [0.717, 1.165) is 11.8 Å². The summed E-state index contributed by atoms with van der Waals surface area (Å²) in [7, 11) is -3.75. The molecule has 0 N–H and O–H groups in total. The fourth-order valence-electron chi connectivity index (χ4n) is 3.04. The summed E-state index contributed by atoms with van der Waals surface area (Å²) < 4.78 is 32.3. The van der Waals surface area contributed by atoms with Crippen molar-refractivity contribution in [3.05, 3.63) is 35.9 Å². The maximum Gasteiger partial charge on any atom is 0.330 e. The summed E-state index contributed by atoms with van der Waals surface area (Å²) in [4.78, 5) is 26.3. The highest BCUT2D eigenvalue weighted by Crippen LogP contribution is 2.52. The first kappa shape index (κ1) is 18.2. The third-order valence-electron chi connectivity index (χ3n) is 4.12. The molecule has 2 aliphatic rings. The molecule has 1 amide bonds. The lowest BCUT2D eigenvalue weighted by Crippen LogP contribution is -2.66. The van der Waals surface area contributed by atoms with Crippen molar-refractivity contribution in [1.29, 1.82) is 0 Å². The molecule has 3 atom stereocenters. The van der Waals surface area contributed by atoms with Crippen LogP contribution in [0.1, 0.15) is 19.4 Å². The minimum atomic E-state index is -3.75. The number of carbonyl (C=O) groups is 2. The molecule has 2 saturated heterocycles. The quantitative estimate of drug-likeness (QED) is 0.426. The Labute approximate surface area is 150 Å². The molecule has 0 saturated carbocycles. The first-order chi connectivity index (χ1) is 11.6. The predicted molar refractivity (Wildman–Crippen MR) is 92.0 cm³/mol. The summed E-state index contributed by atoms with van der Waals surface area (Å²) in [6.07, 6.45) is -0.176. The first-order valence-corrected chi connectivity index (χ1v) is 10.4. The molecule has 1 aromatic rings.